The summed E-state index contributed by atoms with van der Waals surface area (Å²) < 4.78 is 9.40. The average molecular weight is 207 g/mol. The number of H-pyrrole nitrogens is 1. The van der Waals surface area contributed by atoms with E-state index in [0.717, 1.165) is 0 Å². The van der Waals surface area contributed by atoms with E-state index in [1.54, 1.807) is 18.2 Å². The number of aromatic nitrogens is 1. The number of ether oxygens (including phenoxy) is 1. The van der Waals surface area contributed by atoms with Crippen molar-refractivity contribution in [3.63, 3.8) is 0 Å². The van der Waals surface area contributed by atoms with Crippen LogP contribution in [0.15, 0.2) is 32.2 Å². The molecule has 15 heavy (non-hydrogen) atoms. The zero-order valence-electron chi connectivity index (χ0n) is 8.07. The standard InChI is InChI=1S/C10H9NO4/c1-14-5-6-3-2-4-7-8(6)9(12)15-10(13)11-7/h2-4H,5H2,1H3,(H,11,13). The first-order valence-electron chi connectivity index (χ1n) is 4.36. The molecule has 0 amide bonds. The molecule has 0 radical (unpaired) electrons. The second-order valence-corrected chi connectivity index (χ2v) is 3.07. The third kappa shape index (κ3) is 1.69. The first-order valence-corrected chi connectivity index (χ1v) is 4.36. The zero-order chi connectivity index (χ0) is 10.8. The van der Waals surface area contributed by atoms with Gasteiger partial charge in [0.1, 0.15) is 0 Å². The summed E-state index contributed by atoms with van der Waals surface area (Å²) in [4.78, 5) is 24.8. The van der Waals surface area contributed by atoms with Crippen molar-refractivity contribution in [3.05, 3.63) is 44.7 Å². The monoisotopic (exact) mass is 207 g/mol. The van der Waals surface area contributed by atoms with Crippen LogP contribution >= 0.6 is 0 Å². The minimum absolute atomic E-state index is 0.300. The van der Waals surface area contributed by atoms with E-state index in [0.29, 0.717) is 23.1 Å². The molecule has 5 heteroatoms. The summed E-state index contributed by atoms with van der Waals surface area (Å²) in [5, 5.41) is 0.360. The summed E-state index contributed by atoms with van der Waals surface area (Å²) in [6, 6.07) is 5.14. The largest absolute Gasteiger partial charge is 0.419 e. The molecule has 1 heterocycles. The Morgan fingerprint density at radius 2 is 2.20 bits per heavy atom. The molecule has 2 aromatic rings. The second kappa shape index (κ2) is 3.70. The summed E-state index contributed by atoms with van der Waals surface area (Å²) in [5.74, 6) is -0.748. The van der Waals surface area contributed by atoms with Crippen LogP contribution in [0, 0.1) is 0 Å². The van der Waals surface area contributed by atoms with Crippen molar-refractivity contribution in [1.82, 2.24) is 4.98 Å². The maximum Gasteiger partial charge on any atom is 0.419 e. The Labute approximate surface area is 84.3 Å². The zero-order valence-corrected chi connectivity index (χ0v) is 8.07. The Hall–Kier alpha value is -1.88. The van der Waals surface area contributed by atoms with Gasteiger partial charge >= 0.3 is 11.4 Å². The van der Waals surface area contributed by atoms with E-state index >= 15 is 0 Å². The molecule has 2 rings (SSSR count). The Balaban J connectivity index is 2.85. The first kappa shape index (κ1) is 9.67. The van der Waals surface area contributed by atoms with E-state index in [4.69, 9.17) is 4.74 Å². The summed E-state index contributed by atoms with van der Waals surface area (Å²) in [5.41, 5.74) is 0.521. The number of hydrogen-bond donors (Lipinski definition) is 1. The molecule has 0 unspecified atom stereocenters. The van der Waals surface area contributed by atoms with Crippen LogP contribution in [-0.2, 0) is 11.3 Å². The van der Waals surface area contributed by atoms with Crippen molar-refractivity contribution in [1.29, 1.82) is 0 Å². The molecule has 0 atom stereocenters. The molecule has 5 nitrogen and oxygen atoms in total. The van der Waals surface area contributed by atoms with Gasteiger partial charge < -0.3 is 9.15 Å². The van der Waals surface area contributed by atoms with Crippen molar-refractivity contribution < 1.29 is 9.15 Å². The topological polar surface area (TPSA) is 72.3 Å². The molecule has 0 bridgehead atoms. The molecule has 1 N–H and O–H groups in total. The van der Waals surface area contributed by atoms with Gasteiger partial charge in [-0.05, 0) is 11.6 Å². The van der Waals surface area contributed by atoms with E-state index in [9.17, 15) is 9.59 Å². The molecule has 0 aliphatic carbocycles. The van der Waals surface area contributed by atoms with Crippen molar-refractivity contribution in [2.45, 2.75) is 6.61 Å². The van der Waals surface area contributed by atoms with Crippen LogP contribution in [0.1, 0.15) is 5.56 Å². The van der Waals surface area contributed by atoms with Gasteiger partial charge in [-0.25, -0.2) is 9.59 Å². The third-order valence-corrected chi connectivity index (χ3v) is 2.08. The quantitative estimate of drug-likeness (QED) is 0.783. The molecule has 0 saturated heterocycles. The van der Waals surface area contributed by atoms with Crippen LogP contribution in [0.4, 0.5) is 0 Å². The van der Waals surface area contributed by atoms with Gasteiger partial charge in [0, 0.05) is 7.11 Å². The van der Waals surface area contributed by atoms with Crippen LogP contribution in [0.3, 0.4) is 0 Å². The molecule has 78 valence electrons. The molecular formula is C10H9NO4. The molecule has 1 aromatic heterocycles. The van der Waals surface area contributed by atoms with E-state index in [2.05, 4.69) is 9.40 Å². The van der Waals surface area contributed by atoms with E-state index in [1.165, 1.54) is 7.11 Å². The first-order chi connectivity index (χ1) is 7.22. The van der Waals surface area contributed by atoms with Crippen LogP contribution in [0.2, 0.25) is 0 Å². The minimum atomic E-state index is -0.748. The normalized spacial score (nSPS) is 10.7. The summed E-state index contributed by atoms with van der Waals surface area (Å²) in [6.07, 6.45) is 0. The SMILES string of the molecule is COCc1cccc2[nH]c(=O)oc(=O)c12. The Morgan fingerprint density at radius 3 is 2.93 bits per heavy atom. The fourth-order valence-electron chi connectivity index (χ4n) is 1.49. The Bertz CT molecular complexity index is 596. The Kier molecular flexibility index (Phi) is 2.39. The van der Waals surface area contributed by atoms with Gasteiger partial charge in [-0.1, -0.05) is 12.1 Å². The highest BCUT2D eigenvalue weighted by Crippen LogP contribution is 2.12. The lowest BCUT2D eigenvalue weighted by Gasteiger charge is -2.02. The average Bonchev–Trinajstić information content (AvgIpc) is 2.17. The van der Waals surface area contributed by atoms with E-state index < -0.39 is 11.4 Å². The maximum atomic E-state index is 11.5. The lowest BCUT2D eigenvalue weighted by molar-refractivity contribution is 0.186. The molecule has 0 fully saturated rings. The highest BCUT2D eigenvalue weighted by molar-refractivity contribution is 5.80. The molecule has 1 aromatic carbocycles. The van der Waals surface area contributed by atoms with Gasteiger partial charge in [0.2, 0.25) is 0 Å². The molecule has 0 saturated carbocycles. The van der Waals surface area contributed by atoms with Crippen molar-refractivity contribution in [2.75, 3.05) is 7.11 Å². The highest BCUT2D eigenvalue weighted by Gasteiger charge is 2.07. The van der Waals surface area contributed by atoms with Gasteiger partial charge in [0.05, 0.1) is 17.5 Å². The van der Waals surface area contributed by atoms with Gasteiger partial charge in [0.15, 0.2) is 0 Å². The fourth-order valence-corrected chi connectivity index (χ4v) is 1.49. The predicted molar refractivity (Wildman–Crippen MR) is 53.8 cm³/mol. The number of nitrogens with one attached hydrogen (secondary N) is 1. The molecular weight excluding hydrogens is 198 g/mol. The summed E-state index contributed by atoms with van der Waals surface area (Å²) in [6.45, 7) is 0.300. The van der Waals surface area contributed by atoms with Crippen LogP contribution in [0.5, 0.6) is 0 Å². The second-order valence-electron chi connectivity index (χ2n) is 3.07. The van der Waals surface area contributed by atoms with E-state index in [1.807, 2.05) is 0 Å². The van der Waals surface area contributed by atoms with Crippen LogP contribution in [-0.4, -0.2) is 12.1 Å². The third-order valence-electron chi connectivity index (χ3n) is 2.08. The maximum absolute atomic E-state index is 11.5. The summed E-state index contributed by atoms with van der Waals surface area (Å²) in [7, 11) is 1.53. The van der Waals surface area contributed by atoms with Crippen molar-refractivity contribution in [3.8, 4) is 0 Å². The van der Waals surface area contributed by atoms with E-state index in [-0.39, 0.29) is 0 Å². The van der Waals surface area contributed by atoms with Crippen molar-refractivity contribution >= 4 is 10.9 Å². The number of fused-ring (bicyclic) bond motifs is 1. The van der Waals surface area contributed by atoms with Gasteiger partial charge in [0.25, 0.3) is 0 Å². The molecule has 0 spiro atoms. The smallest absolute Gasteiger partial charge is 0.380 e. The summed E-state index contributed by atoms with van der Waals surface area (Å²) >= 11 is 0. The number of benzene rings is 1. The van der Waals surface area contributed by atoms with Gasteiger partial charge in [-0.2, -0.15) is 0 Å². The van der Waals surface area contributed by atoms with Gasteiger partial charge in [-0.15, -0.1) is 0 Å². The highest BCUT2D eigenvalue weighted by atomic mass is 16.5. The number of rotatable bonds is 2. The van der Waals surface area contributed by atoms with Gasteiger partial charge in [-0.3, -0.25) is 4.98 Å². The Morgan fingerprint density at radius 1 is 1.40 bits per heavy atom. The fraction of sp³-hybridized carbons (Fsp3) is 0.200. The number of methoxy groups -OCH3 is 1. The molecule has 0 aliphatic heterocycles. The lowest BCUT2D eigenvalue weighted by Crippen LogP contribution is -2.15. The lowest BCUT2D eigenvalue weighted by atomic mass is 10.1. The molecule has 0 aliphatic rings. The number of hydrogen-bond acceptors (Lipinski definition) is 4. The van der Waals surface area contributed by atoms with Crippen molar-refractivity contribution in [2.24, 2.45) is 0 Å². The minimum Gasteiger partial charge on any atom is -0.380 e. The predicted octanol–water partition coefficient (Wildman–Crippen LogP) is 0.628. The van der Waals surface area contributed by atoms with Crippen LogP contribution in [0.25, 0.3) is 10.9 Å². The van der Waals surface area contributed by atoms with Crippen LogP contribution < -0.4 is 11.4 Å². The number of aromatic amines is 1.